The van der Waals surface area contributed by atoms with Crippen LogP contribution in [0.15, 0.2) is 35.5 Å². The number of rotatable bonds is 3. The lowest BCUT2D eigenvalue weighted by molar-refractivity contribution is -0.133. The lowest BCUT2D eigenvalue weighted by Gasteiger charge is -2.39. The second-order valence-corrected chi connectivity index (χ2v) is 5.48. The van der Waals surface area contributed by atoms with Gasteiger partial charge in [-0.3, -0.25) is 4.79 Å². The number of nitrogens with zero attached hydrogens (tertiary/aromatic N) is 3. The molecular formula is C15H22N4O2. The first-order valence-corrected chi connectivity index (χ1v) is 7.06. The van der Waals surface area contributed by atoms with Crippen LogP contribution in [0.25, 0.3) is 0 Å². The van der Waals surface area contributed by atoms with Gasteiger partial charge in [-0.15, -0.1) is 0 Å². The zero-order valence-corrected chi connectivity index (χ0v) is 12.4. The topological polar surface area (TPSA) is 82.2 Å². The number of hydrogen-bond donors (Lipinski definition) is 2. The highest BCUT2D eigenvalue weighted by molar-refractivity contribution is 6.07. The highest BCUT2D eigenvalue weighted by Gasteiger charge is 2.32. The molecule has 2 unspecified atom stereocenters. The molecule has 21 heavy (non-hydrogen) atoms. The van der Waals surface area contributed by atoms with Gasteiger partial charge in [0, 0.05) is 25.7 Å². The van der Waals surface area contributed by atoms with E-state index in [0.717, 1.165) is 12.1 Å². The Morgan fingerprint density at radius 1 is 1.38 bits per heavy atom. The number of likely N-dealkylation sites (N-methyl/N-ethyl adjacent to an activating group) is 1. The van der Waals surface area contributed by atoms with Gasteiger partial charge in [0.2, 0.25) is 5.91 Å². The van der Waals surface area contributed by atoms with Gasteiger partial charge in [0.25, 0.3) is 0 Å². The molecule has 0 aromatic heterocycles. The third kappa shape index (κ3) is 3.33. The molecule has 1 aromatic rings. The fraction of sp³-hybridized carbons (Fsp3) is 0.467. The summed E-state index contributed by atoms with van der Waals surface area (Å²) in [6.45, 7) is 4.21. The molecule has 114 valence electrons. The number of nitrogens with two attached hydrogens (primary N) is 1. The zero-order chi connectivity index (χ0) is 15.4. The van der Waals surface area contributed by atoms with Gasteiger partial charge in [-0.2, -0.15) is 0 Å². The molecule has 1 aliphatic heterocycles. The van der Waals surface area contributed by atoms with Crippen molar-refractivity contribution >= 4 is 11.7 Å². The Morgan fingerprint density at radius 3 is 2.62 bits per heavy atom. The van der Waals surface area contributed by atoms with Crippen molar-refractivity contribution in [3.63, 3.8) is 0 Å². The van der Waals surface area contributed by atoms with Crippen LogP contribution >= 0.6 is 0 Å². The number of carbonyl (C=O) groups is 1. The summed E-state index contributed by atoms with van der Waals surface area (Å²) in [6.07, 6.45) is 0. The number of hydrogen-bond acceptors (Lipinski definition) is 4. The fourth-order valence-corrected chi connectivity index (χ4v) is 2.57. The minimum atomic E-state index is -0.730. The van der Waals surface area contributed by atoms with Crippen molar-refractivity contribution in [1.29, 1.82) is 0 Å². The molecule has 0 spiro atoms. The normalized spacial score (nSPS) is 22.1. The monoisotopic (exact) mass is 290 g/mol. The maximum absolute atomic E-state index is 12.8. The third-order valence-electron chi connectivity index (χ3n) is 4.06. The molecule has 1 aliphatic rings. The fourth-order valence-electron chi connectivity index (χ4n) is 2.57. The standard InChI is InChI=1S/C15H22N4O2/c1-11-10-19(9-8-18(11)2)15(20)13(14(16)17-21)12-6-4-3-5-7-12/h3-7,11,13,21H,8-10H2,1-2H3,(H2,16,17). The molecule has 1 saturated heterocycles. The van der Waals surface area contributed by atoms with Gasteiger partial charge in [-0.1, -0.05) is 35.5 Å². The summed E-state index contributed by atoms with van der Waals surface area (Å²) in [7, 11) is 2.05. The lowest BCUT2D eigenvalue weighted by atomic mass is 9.96. The van der Waals surface area contributed by atoms with Gasteiger partial charge in [-0.25, -0.2) is 0 Å². The molecule has 0 saturated carbocycles. The molecule has 0 aliphatic carbocycles. The van der Waals surface area contributed by atoms with Crippen LogP contribution in [0.5, 0.6) is 0 Å². The highest BCUT2D eigenvalue weighted by atomic mass is 16.4. The molecule has 6 nitrogen and oxygen atoms in total. The van der Waals surface area contributed by atoms with Crippen molar-refractivity contribution in [2.24, 2.45) is 10.9 Å². The van der Waals surface area contributed by atoms with E-state index in [1.54, 1.807) is 4.90 Å². The van der Waals surface area contributed by atoms with Crippen molar-refractivity contribution < 1.29 is 10.0 Å². The van der Waals surface area contributed by atoms with Crippen molar-refractivity contribution in [2.45, 2.75) is 18.9 Å². The highest BCUT2D eigenvalue weighted by Crippen LogP contribution is 2.21. The zero-order valence-electron chi connectivity index (χ0n) is 12.4. The first kappa shape index (κ1) is 15.3. The number of carbonyl (C=O) groups excluding carboxylic acids is 1. The second-order valence-electron chi connectivity index (χ2n) is 5.48. The Kier molecular flexibility index (Phi) is 4.80. The van der Waals surface area contributed by atoms with Gasteiger partial charge in [-0.05, 0) is 19.5 Å². The van der Waals surface area contributed by atoms with Crippen LogP contribution in [-0.2, 0) is 4.79 Å². The van der Waals surface area contributed by atoms with Crippen LogP contribution in [0.4, 0.5) is 0 Å². The van der Waals surface area contributed by atoms with Gasteiger partial charge >= 0.3 is 0 Å². The van der Waals surface area contributed by atoms with Crippen molar-refractivity contribution in [2.75, 3.05) is 26.7 Å². The first-order valence-electron chi connectivity index (χ1n) is 7.06. The molecule has 0 bridgehead atoms. The number of piperazine rings is 1. The molecular weight excluding hydrogens is 268 g/mol. The lowest BCUT2D eigenvalue weighted by Crippen LogP contribution is -2.54. The largest absolute Gasteiger partial charge is 0.409 e. The van der Waals surface area contributed by atoms with Gasteiger partial charge in [0.1, 0.15) is 5.92 Å². The van der Waals surface area contributed by atoms with Crippen molar-refractivity contribution in [3.8, 4) is 0 Å². The maximum Gasteiger partial charge on any atom is 0.237 e. The van der Waals surface area contributed by atoms with E-state index in [4.69, 9.17) is 10.9 Å². The van der Waals surface area contributed by atoms with Crippen molar-refractivity contribution in [3.05, 3.63) is 35.9 Å². The minimum Gasteiger partial charge on any atom is -0.409 e. The van der Waals surface area contributed by atoms with E-state index in [-0.39, 0.29) is 11.7 Å². The quantitative estimate of drug-likeness (QED) is 0.371. The van der Waals surface area contributed by atoms with Crippen molar-refractivity contribution in [1.82, 2.24) is 9.80 Å². The molecule has 2 rings (SSSR count). The van der Waals surface area contributed by atoms with E-state index in [0.29, 0.717) is 19.1 Å². The van der Waals surface area contributed by atoms with Gasteiger partial charge < -0.3 is 20.7 Å². The predicted molar refractivity (Wildman–Crippen MR) is 81.3 cm³/mol. The number of amidine groups is 1. The summed E-state index contributed by atoms with van der Waals surface area (Å²) in [5.74, 6) is -0.916. The van der Waals surface area contributed by atoms with E-state index in [1.807, 2.05) is 37.4 Å². The van der Waals surface area contributed by atoms with E-state index in [1.165, 1.54) is 0 Å². The Bertz CT molecular complexity index is 518. The molecule has 2 atom stereocenters. The Labute approximate surface area is 124 Å². The van der Waals surface area contributed by atoms with Crippen LogP contribution in [0.2, 0.25) is 0 Å². The summed E-state index contributed by atoms with van der Waals surface area (Å²) in [6, 6.07) is 9.49. The van der Waals surface area contributed by atoms with E-state index < -0.39 is 5.92 Å². The van der Waals surface area contributed by atoms with Gasteiger partial charge in [0.15, 0.2) is 5.84 Å². The van der Waals surface area contributed by atoms with Gasteiger partial charge in [0.05, 0.1) is 0 Å². The number of amides is 1. The van der Waals surface area contributed by atoms with Crippen LogP contribution in [-0.4, -0.2) is 59.5 Å². The van der Waals surface area contributed by atoms with Crippen LogP contribution in [0.1, 0.15) is 18.4 Å². The summed E-state index contributed by atoms with van der Waals surface area (Å²) in [5.41, 5.74) is 6.50. The summed E-state index contributed by atoms with van der Waals surface area (Å²) < 4.78 is 0. The predicted octanol–water partition coefficient (Wildman–Crippen LogP) is 0.679. The SMILES string of the molecule is CC1CN(C(=O)C(C(N)=NO)c2ccccc2)CCN1C. The summed E-state index contributed by atoms with van der Waals surface area (Å²) >= 11 is 0. The third-order valence-corrected chi connectivity index (χ3v) is 4.06. The second kappa shape index (κ2) is 6.58. The van der Waals surface area contributed by atoms with Crippen LogP contribution < -0.4 is 5.73 Å². The number of benzene rings is 1. The summed E-state index contributed by atoms with van der Waals surface area (Å²) in [5, 5.41) is 12.0. The average Bonchev–Trinajstić information content (AvgIpc) is 2.51. The molecule has 1 amide bonds. The van der Waals surface area contributed by atoms with E-state index in [9.17, 15) is 4.79 Å². The summed E-state index contributed by atoms with van der Waals surface area (Å²) in [4.78, 5) is 16.8. The van der Waals surface area contributed by atoms with E-state index >= 15 is 0 Å². The smallest absolute Gasteiger partial charge is 0.237 e. The first-order chi connectivity index (χ1) is 10.0. The Balaban J connectivity index is 2.24. The van der Waals surface area contributed by atoms with Crippen LogP contribution in [0.3, 0.4) is 0 Å². The maximum atomic E-state index is 12.8. The molecule has 1 heterocycles. The van der Waals surface area contributed by atoms with Crippen LogP contribution in [0, 0.1) is 0 Å². The minimum absolute atomic E-state index is 0.0715. The molecule has 1 fully saturated rings. The molecule has 6 heteroatoms. The Hall–Kier alpha value is -2.08. The Morgan fingerprint density at radius 2 is 2.05 bits per heavy atom. The number of oxime groups is 1. The molecule has 0 radical (unpaired) electrons. The van der Waals surface area contributed by atoms with E-state index in [2.05, 4.69) is 17.0 Å². The molecule has 1 aromatic carbocycles. The molecule has 3 N–H and O–H groups in total. The average molecular weight is 290 g/mol.